The topological polar surface area (TPSA) is 131 Å². The van der Waals surface area contributed by atoms with Gasteiger partial charge < -0.3 is 14.2 Å². The number of para-hydroxylation sites is 4. The number of aromatic nitrogens is 8. The van der Waals surface area contributed by atoms with Crippen LogP contribution < -0.4 is 14.2 Å². The maximum atomic E-state index is 9.35. The van der Waals surface area contributed by atoms with Gasteiger partial charge in [0.2, 0.25) is 0 Å². The number of nitrogens with zero attached hydrogens (tertiary/aromatic N) is 9. The van der Waals surface area contributed by atoms with E-state index in [-0.39, 0.29) is 0 Å². The van der Waals surface area contributed by atoms with Gasteiger partial charge in [0, 0.05) is 54.4 Å². The van der Waals surface area contributed by atoms with Gasteiger partial charge in [0.15, 0.2) is 34.5 Å². The van der Waals surface area contributed by atoms with Crippen LogP contribution in [0.15, 0.2) is 340 Å². The van der Waals surface area contributed by atoms with Crippen LogP contribution >= 0.6 is 0 Å². The summed E-state index contributed by atoms with van der Waals surface area (Å²) in [6.07, 6.45) is 8.16. The Morgan fingerprint density at radius 2 is 0.617 bits per heavy atom. The number of imidazole rings is 3. The molecule has 12 heteroatoms. The summed E-state index contributed by atoms with van der Waals surface area (Å²) in [7, 11) is 0. The minimum absolute atomic E-state index is 0.659. The summed E-state index contributed by atoms with van der Waals surface area (Å²) in [5, 5.41) is 24.9. The number of hydrogen-bond donors (Lipinski definition) is 0. The highest BCUT2D eigenvalue weighted by Crippen LogP contribution is 2.53. The van der Waals surface area contributed by atoms with E-state index in [4.69, 9.17) is 34.1 Å². The Balaban J connectivity index is 0.000000105. The summed E-state index contributed by atoms with van der Waals surface area (Å²) in [5.41, 5.74) is 24.8. The average Bonchev–Trinajstić information content (AvgIpc) is 1.11. The quantitative estimate of drug-likeness (QED) is 0.130. The van der Waals surface area contributed by atoms with Gasteiger partial charge >= 0.3 is 0 Å². The Hall–Kier alpha value is -15.8. The first kappa shape index (κ1) is 69.6. The third-order valence-electron chi connectivity index (χ3n) is 24.2. The van der Waals surface area contributed by atoms with Crippen LogP contribution in [0.1, 0.15) is 43.8 Å². The van der Waals surface area contributed by atoms with Gasteiger partial charge in [0.1, 0.15) is 34.0 Å². The summed E-state index contributed by atoms with van der Waals surface area (Å²) < 4.78 is 26.0. The number of aryl methyl sites for hydroxylation is 3. The van der Waals surface area contributed by atoms with Crippen molar-refractivity contribution in [2.75, 3.05) is 0 Å². The number of hydrogen-bond acceptors (Lipinski definition) is 9. The predicted molar refractivity (Wildman–Crippen MR) is 487 cm³/mol. The van der Waals surface area contributed by atoms with E-state index in [9.17, 15) is 5.26 Å². The molecule has 120 heavy (non-hydrogen) atoms. The molecule has 3 aliphatic heterocycles. The molecule has 22 aromatic rings. The van der Waals surface area contributed by atoms with Crippen LogP contribution in [-0.4, -0.2) is 38.6 Å². The molecule has 25 rings (SSSR count). The number of benzene rings is 17. The zero-order chi connectivity index (χ0) is 79.8. The van der Waals surface area contributed by atoms with Crippen molar-refractivity contribution in [3.63, 3.8) is 0 Å². The summed E-state index contributed by atoms with van der Waals surface area (Å²) in [6.45, 7) is 6.46. The molecular weight excluding hydrogens is 1470 g/mol. The van der Waals surface area contributed by atoms with Crippen LogP contribution in [0.2, 0.25) is 0 Å². The van der Waals surface area contributed by atoms with Crippen LogP contribution in [0.3, 0.4) is 0 Å². The van der Waals surface area contributed by atoms with Gasteiger partial charge in [-0.25, -0.2) is 15.0 Å². The molecule has 0 atom stereocenters. The summed E-state index contributed by atoms with van der Waals surface area (Å²) in [5.74, 6) is 8.17. The fraction of sp³-hybridized carbons (Fsp3) is 0.0556. The van der Waals surface area contributed by atoms with Crippen molar-refractivity contribution < 1.29 is 14.2 Å². The highest BCUT2D eigenvalue weighted by Gasteiger charge is 2.31. The monoisotopic (exact) mass is 1540 g/mol. The SMILES string of the molecule is CCc1nc2cccc3c2n1-c1cc(-c2c4ccccc4c(-c4ccc(C#N)cc4)c4ccccc24)ccc1O3.CCc1nc2cccc3c2n1-c1cc(-c2c4ccccc4c(-c4cccc5cccnc45)c4ccccc24)ccc1O3.CCc1nc2cccc3c2n1-c1cc(-c2c4ccccc4c(-c4cccnc4)c4ccccc24)ccc1O3. The first-order chi connectivity index (χ1) is 59.4. The fourth-order valence-corrected chi connectivity index (χ4v) is 19.1. The third kappa shape index (κ3) is 10.9. The second-order valence-electron chi connectivity index (χ2n) is 30.7. The maximum absolute atomic E-state index is 9.35. The molecule has 12 nitrogen and oxygen atoms in total. The van der Waals surface area contributed by atoms with E-state index in [2.05, 4.69) is 306 Å². The lowest BCUT2D eigenvalue weighted by atomic mass is 9.85. The minimum atomic E-state index is 0.659. The molecule has 0 aliphatic carbocycles. The molecule has 0 N–H and O–H groups in total. The number of fused-ring (bicyclic) bond motifs is 13. The van der Waals surface area contributed by atoms with E-state index in [1.165, 1.54) is 98.0 Å². The Bertz CT molecular complexity index is 7940. The smallest absolute Gasteiger partial charge is 0.153 e. The van der Waals surface area contributed by atoms with Crippen LogP contribution in [0.5, 0.6) is 34.5 Å². The first-order valence-electron chi connectivity index (χ1n) is 40.9. The molecule has 5 aromatic heterocycles. The van der Waals surface area contributed by atoms with Crippen molar-refractivity contribution in [1.29, 1.82) is 5.26 Å². The Morgan fingerprint density at radius 3 is 0.967 bits per heavy atom. The molecule has 0 fully saturated rings. The van der Waals surface area contributed by atoms with E-state index in [1.54, 1.807) is 0 Å². The lowest BCUT2D eigenvalue weighted by Crippen LogP contribution is -2.07. The molecule has 0 radical (unpaired) electrons. The fourth-order valence-electron chi connectivity index (χ4n) is 19.1. The average molecular weight is 1540 g/mol. The standard InChI is InChI=1S/C38H25N3O.C36H23N3O.C34H23N3O/c1-2-34-40-30-17-8-18-33-38(30)41(34)31-22-24(19-20-32(31)42-33)35-25-12-3-5-14-27(25)36(28-15-6-4-13-26(28)35)29-16-7-10-23-11-9-21-39-37(23)29;1-2-33-38-29-12-7-13-32-36(29)39(33)30-20-24(18-19-31(30)40-32)35-27-10-5-3-8-25(27)34(26-9-4-6-11-28(26)35)23-16-14-22(21-37)15-17-23;1-2-31-36-27-14-7-15-30-34(27)37(31)28-19-21(16-17-29(28)38-30)32-23-10-3-5-12-25(23)33(22-9-8-18-35-20-22)26-13-6-4-11-24(26)32/h3-22H,2H2,1H3;3-20H,2H2,1H3;3-20H,2H2,1H3. The van der Waals surface area contributed by atoms with Gasteiger partial charge in [-0.15, -0.1) is 0 Å². The molecule has 17 aromatic carbocycles. The highest BCUT2D eigenvalue weighted by atomic mass is 16.5. The second kappa shape index (κ2) is 28.0. The van der Waals surface area contributed by atoms with Crippen LogP contribution in [0.4, 0.5) is 0 Å². The largest absolute Gasteiger partial charge is 0.453 e. The molecule has 0 saturated carbocycles. The molecule has 0 saturated heterocycles. The lowest BCUT2D eigenvalue weighted by Gasteiger charge is -2.23. The zero-order valence-corrected chi connectivity index (χ0v) is 65.7. The van der Waals surface area contributed by atoms with Crippen LogP contribution in [0, 0.1) is 11.3 Å². The van der Waals surface area contributed by atoms with Crippen molar-refractivity contribution in [3.05, 3.63) is 363 Å². The Kier molecular flexibility index (Phi) is 16.2. The van der Waals surface area contributed by atoms with E-state index < -0.39 is 0 Å². The van der Waals surface area contributed by atoms with Crippen molar-refractivity contribution in [1.82, 2.24) is 38.6 Å². The van der Waals surface area contributed by atoms with Gasteiger partial charge in [-0.3, -0.25) is 23.7 Å². The van der Waals surface area contributed by atoms with Crippen molar-refractivity contribution in [2.24, 2.45) is 0 Å². The summed E-state index contributed by atoms with van der Waals surface area (Å²) in [4.78, 5) is 24.1. The molecule has 566 valence electrons. The molecule has 0 amide bonds. The third-order valence-corrected chi connectivity index (χ3v) is 24.2. The Labute approximate surface area is 690 Å². The Morgan fingerprint density at radius 1 is 0.292 bits per heavy atom. The molecule has 3 aliphatic rings. The normalized spacial score (nSPS) is 12.1. The number of ether oxygens (including phenoxy) is 3. The summed E-state index contributed by atoms with van der Waals surface area (Å²) in [6, 6.07) is 115. The number of pyridine rings is 2. The molecular formula is C108H71N9O3. The number of rotatable bonds is 9. The van der Waals surface area contributed by atoms with Gasteiger partial charge in [-0.2, -0.15) is 5.26 Å². The van der Waals surface area contributed by atoms with Crippen molar-refractivity contribution in [2.45, 2.75) is 40.0 Å². The van der Waals surface area contributed by atoms with Crippen molar-refractivity contribution in [3.8, 4) is 124 Å². The molecule has 0 unspecified atom stereocenters. The number of nitriles is 1. The van der Waals surface area contributed by atoms with Crippen molar-refractivity contribution >= 4 is 109 Å². The maximum Gasteiger partial charge on any atom is 0.153 e. The molecule has 8 heterocycles. The van der Waals surface area contributed by atoms with Gasteiger partial charge in [0.25, 0.3) is 0 Å². The van der Waals surface area contributed by atoms with Gasteiger partial charge in [-0.05, 0) is 217 Å². The lowest BCUT2D eigenvalue weighted by molar-refractivity contribution is 0.474. The zero-order valence-electron chi connectivity index (χ0n) is 65.7. The first-order valence-corrected chi connectivity index (χ1v) is 40.9. The van der Waals surface area contributed by atoms with Crippen LogP contribution in [0.25, 0.3) is 192 Å². The molecule has 0 bridgehead atoms. The summed E-state index contributed by atoms with van der Waals surface area (Å²) >= 11 is 0. The minimum Gasteiger partial charge on any atom is -0.453 e. The van der Waals surface area contributed by atoms with Gasteiger partial charge in [-0.1, -0.05) is 245 Å². The van der Waals surface area contributed by atoms with E-state index in [1.807, 2.05) is 79.3 Å². The van der Waals surface area contributed by atoms with E-state index in [0.717, 1.165) is 166 Å². The van der Waals surface area contributed by atoms with E-state index in [0.29, 0.717) is 5.56 Å². The van der Waals surface area contributed by atoms with Crippen LogP contribution in [-0.2, 0) is 19.3 Å². The predicted octanol–water partition coefficient (Wildman–Crippen LogP) is 27.8. The van der Waals surface area contributed by atoms with Gasteiger partial charge in [0.05, 0.1) is 50.8 Å². The van der Waals surface area contributed by atoms with E-state index >= 15 is 0 Å². The molecule has 0 spiro atoms. The highest BCUT2D eigenvalue weighted by molar-refractivity contribution is 6.25. The second-order valence-corrected chi connectivity index (χ2v) is 30.7.